The molecule has 0 radical (unpaired) electrons. The Balaban J connectivity index is 1.89. The molecule has 0 unspecified atom stereocenters. The standard InChI is InChI=1S/C39H49N2/c1-22(2)17-27-19-28(18-23(3)4)21-29(20-27)34-36-39(10,11)38(8,9)31-16-14-25(6)32-30-15-13-24(5)26(7)33(30)37(40(34)12)41(36)35(31)32/h13-16,19-23H,17-18H2,1-12H3/q+1. The van der Waals surface area contributed by atoms with E-state index in [0.717, 1.165) is 12.8 Å². The fourth-order valence-corrected chi connectivity index (χ4v) is 7.82. The normalized spacial score (nSPS) is 15.9. The molecule has 214 valence electrons. The zero-order chi connectivity index (χ0) is 29.8. The maximum Gasteiger partial charge on any atom is 0.295 e. The van der Waals surface area contributed by atoms with Crippen LogP contribution in [-0.2, 0) is 30.7 Å². The van der Waals surface area contributed by atoms with Crippen LogP contribution in [0.2, 0.25) is 0 Å². The SMILES string of the molecule is Cc1ccc2c3c(C)ccc4c3n3c(c(-c5cc(CC(C)C)cc(CC(C)C)c5)[n+](C)c3c2c1C)C(C)(C)C4(C)C. The molecule has 1 aliphatic rings. The highest BCUT2D eigenvalue weighted by molar-refractivity contribution is 6.15. The Kier molecular flexibility index (Phi) is 6.27. The Labute approximate surface area is 247 Å². The lowest BCUT2D eigenvalue weighted by Crippen LogP contribution is -2.44. The van der Waals surface area contributed by atoms with Gasteiger partial charge >= 0.3 is 0 Å². The maximum atomic E-state index is 2.68. The van der Waals surface area contributed by atoms with E-state index >= 15 is 0 Å². The summed E-state index contributed by atoms with van der Waals surface area (Å²) in [6, 6.07) is 17.0. The number of benzene rings is 3. The first-order valence-electron chi connectivity index (χ1n) is 15.7. The van der Waals surface area contributed by atoms with E-state index in [2.05, 4.69) is 135 Å². The Bertz CT molecular complexity index is 1850. The summed E-state index contributed by atoms with van der Waals surface area (Å²) >= 11 is 0. The van der Waals surface area contributed by atoms with Crippen molar-refractivity contribution in [2.45, 2.75) is 99.8 Å². The monoisotopic (exact) mass is 545 g/mol. The quantitative estimate of drug-likeness (QED) is 0.153. The minimum absolute atomic E-state index is 0.0499. The summed E-state index contributed by atoms with van der Waals surface area (Å²) in [7, 11) is 2.32. The lowest BCUT2D eigenvalue weighted by molar-refractivity contribution is -0.632. The molecule has 0 bridgehead atoms. The van der Waals surface area contributed by atoms with Crippen LogP contribution in [0.5, 0.6) is 0 Å². The smallest absolute Gasteiger partial charge is 0.225 e. The van der Waals surface area contributed by atoms with E-state index in [0.29, 0.717) is 11.8 Å². The van der Waals surface area contributed by atoms with Gasteiger partial charge in [0.25, 0.3) is 5.65 Å². The fourth-order valence-electron chi connectivity index (χ4n) is 7.82. The Morgan fingerprint density at radius 1 is 0.732 bits per heavy atom. The van der Waals surface area contributed by atoms with Crippen LogP contribution in [0.15, 0.2) is 42.5 Å². The zero-order valence-corrected chi connectivity index (χ0v) is 27.5. The Morgan fingerprint density at radius 2 is 1.32 bits per heavy atom. The third-order valence-electron chi connectivity index (χ3n) is 10.6. The molecule has 0 saturated heterocycles. The summed E-state index contributed by atoms with van der Waals surface area (Å²) in [6.45, 7) is 26.1. The van der Waals surface area contributed by atoms with E-state index in [1.807, 2.05) is 0 Å². The molecular weight excluding hydrogens is 496 g/mol. The molecule has 0 amide bonds. The highest BCUT2D eigenvalue weighted by atomic mass is 15.1. The average Bonchev–Trinajstić information content (AvgIpc) is 3.18. The Hall–Kier alpha value is -3.13. The van der Waals surface area contributed by atoms with Gasteiger partial charge in [0.05, 0.1) is 12.4 Å². The molecule has 0 N–H and O–H groups in total. The summed E-state index contributed by atoms with van der Waals surface area (Å²) in [6.07, 6.45) is 2.21. The van der Waals surface area contributed by atoms with Gasteiger partial charge in [-0.2, -0.15) is 4.40 Å². The first kappa shape index (κ1) is 28.0. The van der Waals surface area contributed by atoms with Gasteiger partial charge < -0.3 is 0 Å². The number of imidazole rings is 1. The number of rotatable bonds is 5. The van der Waals surface area contributed by atoms with Crippen molar-refractivity contribution in [1.29, 1.82) is 0 Å². The number of pyridine rings is 1. The van der Waals surface area contributed by atoms with Gasteiger partial charge in [-0.15, -0.1) is 0 Å². The van der Waals surface area contributed by atoms with Crippen LogP contribution in [0.3, 0.4) is 0 Å². The summed E-state index contributed by atoms with van der Waals surface area (Å²) in [5.41, 5.74) is 15.2. The number of nitrogens with zero attached hydrogens (tertiary/aromatic N) is 2. The minimum atomic E-state index is -0.0978. The van der Waals surface area contributed by atoms with Crippen LogP contribution < -0.4 is 4.57 Å². The van der Waals surface area contributed by atoms with Gasteiger partial charge in [-0.1, -0.05) is 85.7 Å². The van der Waals surface area contributed by atoms with Gasteiger partial charge in [-0.05, 0) is 85.4 Å². The predicted molar refractivity (Wildman–Crippen MR) is 176 cm³/mol. The van der Waals surface area contributed by atoms with Crippen molar-refractivity contribution in [1.82, 2.24) is 4.40 Å². The molecule has 3 heterocycles. The predicted octanol–water partition coefficient (Wildman–Crippen LogP) is 9.63. The number of hydrogen-bond acceptors (Lipinski definition) is 0. The van der Waals surface area contributed by atoms with E-state index < -0.39 is 0 Å². The van der Waals surface area contributed by atoms with E-state index in [-0.39, 0.29) is 10.8 Å². The molecule has 0 aliphatic carbocycles. The van der Waals surface area contributed by atoms with E-state index in [1.165, 1.54) is 77.7 Å². The van der Waals surface area contributed by atoms with Crippen molar-refractivity contribution >= 4 is 27.3 Å². The third-order valence-corrected chi connectivity index (χ3v) is 10.6. The second-order valence-corrected chi connectivity index (χ2v) is 15.0. The molecule has 0 fully saturated rings. The number of hydrogen-bond donors (Lipinski definition) is 0. The van der Waals surface area contributed by atoms with Crippen LogP contribution >= 0.6 is 0 Å². The molecule has 5 aromatic rings. The largest absolute Gasteiger partial charge is 0.295 e. The van der Waals surface area contributed by atoms with Gasteiger partial charge in [0, 0.05) is 32.7 Å². The molecule has 0 atom stereocenters. The molecule has 2 heteroatoms. The van der Waals surface area contributed by atoms with Gasteiger partial charge in [-0.3, -0.25) is 0 Å². The number of aryl methyl sites for hydroxylation is 4. The summed E-state index contributed by atoms with van der Waals surface area (Å²) in [5.74, 6) is 1.24. The first-order valence-corrected chi connectivity index (χ1v) is 15.7. The van der Waals surface area contributed by atoms with E-state index in [9.17, 15) is 0 Å². The molecule has 6 rings (SSSR count). The molecule has 1 aliphatic heterocycles. The number of fused-ring (bicyclic) bond motifs is 3. The van der Waals surface area contributed by atoms with Crippen molar-refractivity contribution < 1.29 is 4.57 Å². The first-order chi connectivity index (χ1) is 19.2. The molecule has 41 heavy (non-hydrogen) atoms. The van der Waals surface area contributed by atoms with Crippen LogP contribution in [0, 0.1) is 32.6 Å². The lowest BCUT2D eigenvalue weighted by Gasteiger charge is -2.43. The van der Waals surface area contributed by atoms with Crippen LogP contribution in [-0.4, -0.2) is 4.40 Å². The maximum absolute atomic E-state index is 2.68. The van der Waals surface area contributed by atoms with Gasteiger partial charge in [0.1, 0.15) is 5.52 Å². The second-order valence-electron chi connectivity index (χ2n) is 15.0. The summed E-state index contributed by atoms with van der Waals surface area (Å²) < 4.78 is 5.23. The second kappa shape index (κ2) is 9.18. The molecule has 0 saturated carbocycles. The van der Waals surface area contributed by atoms with E-state index in [4.69, 9.17) is 0 Å². The topological polar surface area (TPSA) is 8.29 Å². The fraction of sp³-hybridized carbons (Fsp3) is 0.462. The van der Waals surface area contributed by atoms with Crippen molar-refractivity contribution in [3.8, 4) is 11.3 Å². The van der Waals surface area contributed by atoms with Crippen molar-refractivity contribution in [3.63, 3.8) is 0 Å². The highest BCUT2D eigenvalue weighted by Crippen LogP contribution is 2.54. The Morgan fingerprint density at radius 3 is 1.90 bits per heavy atom. The van der Waals surface area contributed by atoms with Gasteiger partial charge in [0.2, 0.25) is 0 Å². The van der Waals surface area contributed by atoms with Crippen molar-refractivity contribution in [3.05, 3.63) is 81.5 Å². The molecule has 2 nitrogen and oxygen atoms in total. The van der Waals surface area contributed by atoms with Gasteiger partial charge in [0.15, 0.2) is 11.4 Å². The van der Waals surface area contributed by atoms with Crippen LogP contribution in [0.1, 0.15) is 94.5 Å². The summed E-state index contributed by atoms with van der Waals surface area (Å²) in [4.78, 5) is 0. The van der Waals surface area contributed by atoms with Crippen LogP contribution in [0.25, 0.3) is 38.6 Å². The average molecular weight is 546 g/mol. The van der Waals surface area contributed by atoms with Crippen molar-refractivity contribution in [2.75, 3.05) is 0 Å². The minimum Gasteiger partial charge on any atom is -0.225 e. The zero-order valence-electron chi connectivity index (χ0n) is 27.5. The number of aromatic nitrogens is 2. The highest BCUT2D eigenvalue weighted by Gasteiger charge is 2.52. The molecule has 0 spiro atoms. The lowest BCUT2D eigenvalue weighted by atomic mass is 9.60. The molecule has 3 aromatic carbocycles. The molecule has 2 aromatic heterocycles. The van der Waals surface area contributed by atoms with Crippen LogP contribution in [0.4, 0.5) is 0 Å². The molecular formula is C39H49N2+. The van der Waals surface area contributed by atoms with Gasteiger partial charge in [-0.25, -0.2) is 4.57 Å². The summed E-state index contributed by atoms with van der Waals surface area (Å²) in [5, 5.41) is 4.18. The van der Waals surface area contributed by atoms with Crippen molar-refractivity contribution in [2.24, 2.45) is 18.9 Å². The van der Waals surface area contributed by atoms with E-state index in [1.54, 1.807) is 0 Å². The third kappa shape index (κ3) is 3.85.